The molecule has 0 saturated carbocycles. The molecular weight excluding hydrogens is 376 g/mol. The van der Waals surface area contributed by atoms with Gasteiger partial charge in [0.05, 0.1) is 5.69 Å². The molecule has 1 N–H and O–H groups in total. The van der Waals surface area contributed by atoms with Crippen molar-refractivity contribution < 1.29 is 14.6 Å². The first-order chi connectivity index (χ1) is 14.5. The third-order valence-electron chi connectivity index (χ3n) is 4.86. The highest BCUT2D eigenvalue weighted by Crippen LogP contribution is 2.36. The molecule has 0 fully saturated rings. The first-order valence-corrected chi connectivity index (χ1v) is 9.65. The molecule has 4 rings (SSSR count). The van der Waals surface area contributed by atoms with Crippen LogP contribution in [0.15, 0.2) is 91.1 Å². The van der Waals surface area contributed by atoms with Crippen molar-refractivity contribution >= 4 is 0 Å². The van der Waals surface area contributed by atoms with Gasteiger partial charge in [0.1, 0.15) is 5.75 Å². The molecule has 2 heterocycles. The SMILES string of the molecule is CC(C)(c1cccc(Oc2ccccc2O)c1)c1cccc(Oc2ccccn2)n1. The van der Waals surface area contributed by atoms with Crippen LogP contribution in [-0.4, -0.2) is 15.1 Å². The van der Waals surface area contributed by atoms with Crippen LogP contribution in [-0.2, 0) is 5.41 Å². The Bertz CT molecular complexity index is 1140. The van der Waals surface area contributed by atoms with Gasteiger partial charge in [0, 0.05) is 23.7 Å². The average molecular weight is 398 g/mol. The minimum absolute atomic E-state index is 0.100. The van der Waals surface area contributed by atoms with Gasteiger partial charge in [-0.15, -0.1) is 0 Å². The fraction of sp³-hybridized carbons (Fsp3) is 0.120. The van der Waals surface area contributed by atoms with Crippen LogP contribution in [0.4, 0.5) is 0 Å². The van der Waals surface area contributed by atoms with Crippen LogP contribution in [0, 0.1) is 0 Å². The van der Waals surface area contributed by atoms with Crippen LogP contribution >= 0.6 is 0 Å². The second-order valence-electron chi connectivity index (χ2n) is 7.35. The molecule has 5 nitrogen and oxygen atoms in total. The van der Waals surface area contributed by atoms with Crippen LogP contribution in [0.2, 0.25) is 0 Å². The van der Waals surface area contributed by atoms with Gasteiger partial charge in [0.2, 0.25) is 11.8 Å². The molecular formula is C25H22N2O3. The number of nitrogens with zero attached hydrogens (tertiary/aromatic N) is 2. The number of phenolic OH excluding ortho intramolecular Hbond substituents is 1. The van der Waals surface area contributed by atoms with E-state index in [1.165, 1.54) is 0 Å². The third-order valence-corrected chi connectivity index (χ3v) is 4.86. The summed E-state index contributed by atoms with van der Waals surface area (Å²) in [4.78, 5) is 8.88. The second-order valence-corrected chi connectivity index (χ2v) is 7.35. The van der Waals surface area contributed by atoms with Gasteiger partial charge in [-0.05, 0) is 42.0 Å². The first kappa shape index (κ1) is 19.5. The minimum Gasteiger partial charge on any atom is -0.504 e. The summed E-state index contributed by atoms with van der Waals surface area (Å²) in [5.41, 5.74) is 1.48. The van der Waals surface area contributed by atoms with Crippen molar-refractivity contribution in [1.29, 1.82) is 0 Å². The fourth-order valence-electron chi connectivity index (χ4n) is 3.10. The van der Waals surface area contributed by atoms with Crippen molar-refractivity contribution in [3.8, 4) is 29.0 Å². The average Bonchev–Trinajstić information content (AvgIpc) is 2.76. The Kier molecular flexibility index (Phi) is 5.35. The molecule has 0 bridgehead atoms. The van der Waals surface area contributed by atoms with Crippen LogP contribution in [0.3, 0.4) is 0 Å². The maximum Gasteiger partial charge on any atom is 0.221 e. The molecule has 0 aliphatic rings. The lowest BCUT2D eigenvalue weighted by Crippen LogP contribution is -2.20. The fourth-order valence-corrected chi connectivity index (χ4v) is 3.10. The maximum atomic E-state index is 9.98. The molecule has 0 radical (unpaired) electrons. The topological polar surface area (TPSA) is 64.5 Å². The Hall–Kier alpha value is -3.86. The van der Waals surface area contributed by atoms with Gasteiger partial charge < -0.3 is 14.6 Å². The summed E-state index contributed by atoms with van der Waals surface area (Å²) in [5.74, 6) is 2.14. The molecule has 0 spiro atoms. The second kappa shape index (κ2) is 8.25. The molecule has 0 saturated heterocycles. The quantitative estimate of drug-likeness (QED) is 0.426. The number of phenols is 1. The summed E-state index contributed by atoms with van der Waals surface area (Å²) in [6, 6.07) is 25.9. The molecule has 0 aliphatic heterocycles. The van der Waals surface area contributed by atoms with Gasteiger partial charge in [-0.2, -0.15) is 0 Å². The van der Waals surface area contributed by atoms with Crippen LogP contribution < -0.4 is 9.47 Å². The van der Waals surface area contributed by atoms with E-state index in [-0.39, 0.29) is 5.75 Å². The smallest absolute Gasteiger partial charge is 0.221 e. The molecule has 0 atom stereocenters. The number of benzene rings is 2. The maximum absolute atomic E-state index is 9.98. The number of ether oxygens (including phenoxy) is 2. The van der Waals surface area contributed by atoms with Crippen molar-refractivity contribution in [2.24, 2.45) is 0 Å². The largest absolute Gasteiger partial charge is 0.504 e. The Morgan fingerprint density at radius 3 is 2.33 bits per heavy atom. The molecule has 150 valence electrons. The zero-order valence-electron chi connectivity index (χ0n) is 16.8. The van der Waals surface area contributed by atoms with Crippen molar-refractivity contribution in [2.45, 2.75) is 19.3 Å². The van der Waals surface area contributed by atoms with Gasteiger partial charge in [0.15, 0.2) is 11.5 Å². The Labute approximate surface area is 175 Å². The summed E-state index contributed by atoms with van der Waals surface area (Å²) in [6.45, 7) is 4.19. The Morgan fingerprint density at radius 1 is 0.767 bits per heavy atom. The molecule has 4 aromatic rings. The lowest BCUT2D eigenvalue weighted by atomic mass is 9.81. The number of pyridine rings is 2. The van der Waals surface area contributed by atoms with E-state index in [0.29, 0.717) is 23.3 Å². The van der Waals surface area contributed by atoms with Gasteiger partial charge in [0.25, 0.3) is 0 Å². The zero-order valence-corrected chi connectivity index (χ0v) is 16.8. The van der Waals surface area contributed by atoms with Crippen molar-refractivity contribution in [3.05, 3.63) is 102 Å². The molecule has 2 aromatic heterocycles. The summed E-state index contributed by atoms with van der Waals surface area (Å²) < 4.78 is 11.7. The summed E-state index contributed by atoms with van der Waals surface area (Å²) >= 11 is 0. The van der Waals surface area contributed by atoms with Gasteiger partial charge >= 0.3 is 0 Å². The zero-order chi connectivity index (χ0) is 21.0. The van der Waals surface area contributed by atoms with Gasteiger partial charge in [-0.3, -0.25) is 0 Å². The Balaban J connectivity index is 1.60. The van der Waals surface area contributed by atoms with E-state index in [2.05, 4.69) is 18.8 Å². The minimum atomic E-state index is -0.401. The number of aromatic hydroxyl groups is 1. The number of aromatic nitrogens is 2. The van der Waals surface area contributed by atoms with E-state index >= 15 is 0 Å². The van der Waals surface area contributed by atoms with Crippen molar-refractivity contribution in [1.82, 2.24) is 9.97 Å². The van der Waals surface area contributed by atoms with Crippen molar-refractivity contribution in [2.75, 3.05) is 0 Å². The highest BCUT2D eigenvalue weighted by atomic mass is 16.5. The molecule has 2 aromatic carbocycles. The predicted molar refractivity (Wildman–Crippen MR) is 115 cm³/mol. The number of hydrogen-bond acceptors (Lipinski definition) is 5. The molecule has 30 heavy (non-hydrogen) atoms. The summed E-state index contributed by atoms with van der Waals surface area (Å²) in [6.07, 6.45) is 1.68. The van der Waals surface area contributed by atoms with E-state index in [0.717, 1.165) is 11.3 Å². The van der Waals surface area contributed by atoms with E-state index in [9.17, 15) is 5.11 Å². The normalized spacial score (nSPS) is 11.1. The monoisotopic (exact) mass is 398 g/mol. The summed E-state index contributed by atoms with van der Waals surface area (Å²) in [7, 11) is 0. The number of hydrogen-bond donors (Lipinski definition) is 1. The predicted octanol–water partition coefficient (Wildman–Crippen LogP) is 6.09. The molecule has 0 unspecified atom stereocenters. The van der Waals surface area contributed by atoms with Crippen LogP contribution in [0.25, 0.3) is 0 Å². The van der Waals surface area contributed by atoms with E-state index < -0.39 is 5.41 Å². The van der Waals surface area contributed by atoms with Crippen LogP contribution in [0.5, 0.6) is 29.0 Å². The molecule has 5 heteroatoms. The first-order valence-electron chi connectivity index (χ1n) is 9.65. The summed E-state index contributed by atoms with van der Waals surface area (Å²) in [5, 5.41) is 9.98. The lowest BCUT2D eigenvalue weighted by molar-refractivity contribution is 0.410. The van der Waals surface area contributed by atoms with Crippen molar-refractivity contribution in [3.63, 3.8) is 0 Å². The highest BCUT2D eigenvalue weighted by molar-refractivity contribution is 5.44. The van der Waals surface area contributed by atoms with E-state index in [1.807, 2.05) is 60.7 Å². The van der Waals surface area contributed by atoms with Crippen LogP contribution in [0.1, 0.15) is 25.1 Å². The van der Waals surface area contributed by atoms with E-state index in [1.54, 1.807) is 30.5 Å². The van der Waals surface area contributed by atoms with Gasteiger partial charge in [-0.1, -0.05) is 50.2 Å². The number of rotatable bonds is 6. The number of para-hydroxylation sites is 2. The Morgan fingerprint density at radius 2 is 1.53 bits per heavy atom. The lowest BCUT2D eigenvalue weighted by Gasteiger charge is -2.25. The third kappa shape index (κ3) is 4.25. The van der Waals surface area contributed by atoms with E-state index in [4.69, 9.17) is 14.5 Å². The molecule has 0 amide bonds. The molecule has 0 aliphatic carbocycles. The highest BCUT2D eigenvalue weighted by Gasteiger charge is 2.26. The standard InChI is InChI=1S/C25H22N2O3/c1-25(2,22-13-8-15-24(27-22)30-23-14-5-6-16-26-23)18-9-7-10-19(17-18)29-21-12-4-3-11-20(21)28/h3-17,28H,1-2H3. The van der Waals surface area contributed by atoms with Gasteiger partial charge in [-0.25, -0.2) is 9.97 Å².